The lowest BCUT2D eigenvalue weighted by molar-refractivity contribution is 0.739. The molecule has 2 heterocycles. The van der Waals surface area contributed by atoms with Crippen molar-refractivity contribution in [1.29, 1.82) is 0 Å². The van der Waals surface area contributed by atoms with Crippen LogP contribution < -0.4 is 16.0 Å². The predicted octanol–water partition coefficient (Wildman–Crippen LogP) is 1.66. The summed E-state index contributed by atoms with van der Waals surface area (Å²) in [6.45, 7) is 5.10. The van der Waals surface area contributed by atoms with E-state index >= 15 is 0 Å². The Morgan fingerprint density at radius 3 is 2.67 bits per heavy atom. The molecule has 2 rings (SSSR count). The Morgan fingerprint density at radius 1 is 1.17 bits per heavy atom. The van der Waals surface area contributed by atoms with E-state index in [1.165, 1.54) is 25.7 Å². The molecule has 0 bridgehead atoms. The van der Waals surface area contributed by atoms with Crippen molar-refractivity contribution in [2.45, 2.75) is 39.0 Å². The molecule has 1 aromatic heterocycles. The van der Waals surface area contributed by atoms with E-state index in [9.17, 15) is 0 Å². The summed E-state index contributed by atoms with van der Waals surface area (Å²) in [5.74, 6) is 1.60. The Bertz CT molecular complexity index is 375. The third-order valence-corrected chi connectivity index (χ3v) is 3.09. The van der Waals surface area contributed by atoms with Crippen LogP contribution in [0.2, 0.25) is 0 Å². The van der Waals surface area contributed by atoms with E-state index in [2.05, 4.69) is 32.1 Å². The third-order valence-electron chi connectivity index (χ3n) is 3.09. The van der Waals surface area contributed by atoms with E-state index in [-0.39, 0.29) is 0 Å². The molecule has 0 atom stereocenters. The number of nitrogens with zero attached hydrogens (tertiary/aromatic N) is 4. The molecular formula is C12H22N6. The Labute approximate surface area is 108 Å². The van der Waals surface area contributed by atoms with Gasteiger partial charge in [-0.15, -0.1) is 0 Å². The van der Waals surface area contributed by atoms with Crippen molar-refractivity contribution in [3.05, 3.63) is 0 Å². The largest absolute Gasteiger partial charge is 0.368 e. The molecule has 100 valence electrons. The number of nitrogens with one attached hydrogen (secondary N) is 1. The molecular weight excluding hydrogens is 228 g/mol. The Kier molecular flexibility index (Phi) is 4.55. The Morgan fingerprint density at radius 2 is 1.94 bits per heavy atom. The summed E-state index contributed by atoms with van der Waals surface area (Å²) in [6.07, 6.45) is 5.95. The van der Waals surface area contributed by atoms with E-state index in [4.69, 9.17) is 5.73 Å². The molecule has 1 aliphatic rings. The summed E-state index contributed by atoms with van der Waals surface area (Å²) in [7, 11) is 0. The van der Waals surface area contributed by atoms with Gasteiger partial charge in [0.05, 0.1) is 0 Å². The second-order valence-electron chi connectivity index (χ2n) is 4.65. The first kappa shape index (κ1) is 12.9. The fraction of sp³-hybridized carbons (Fsp3) is 0.750. The average molecular weight is 250 g/mol. The lowest BCUT2D eigenvalue weighted by Gasteiger charge is -2.15. The van der Waals surface area contributed by atoms with Crippen molar-refractivity contribution >= 4 is 17.8 Å². The SMILES string of the molecule is CCCCCNc1nc(N)nc(N2CCCC2)n1. The zero-order chi connectivity index (χ0) is 12.8. The van der Waals surface area contributed by atoms with Crippen LogP contribution in [-0.2, 0) is 0 Å². The van der Waals surface area contributed by atoms with Crippen molar-refractivity contribution < 1.29 is 0 Å². The summed E-state index contributed by atoms with van der Waals surface area (Å²) in [5.41, 5.74) is 5.73. The highest BCUT2D eigenvalue weighted by Gasteiger charge is 2.16. The van der Waals surface area contributed by atoms with Gasteiger partial charge < -0.3 is 16.0 Å². The predicted molar refractivity (Wildman–Crippen MR) is 73.7 cm³/mol. The zero-order valence-electron chi connectivity index (χ0n) is 11.0. The van der Waals surface area contributed by atoms with Gasteiger partial charge in [0.15, 0.2) is 0 Å². The number of rotatable bonds is 6. The van der Waals surface area contributed by atoms with Gasteiger partial charge in [-0.05, 0) is 19.3 Å². The maximum Gasteiger partial charge on any atom is 0.231 e. The average Bonchev–Trinajstić information content (AvgIpc) is 2.88. The van der Waals surface area contributed by atoms with E-state index in [0.29, 0.717) is 17.8 Å². The number of hydrogen-bond acceptors (Lipinski definition) is 6. The molecule has 0 saturated carbocycles. The number of anilines is 3. The number of hydrogen-bond donors (Lipinski definition) is 2. The summed E-state index contributed by atoms with van der Waals surface area (Å²) in [6, 6.07) is 0. The second-order valence-corrected chi connectivity index (χ2v) is 4.65. The van der Waals surface area contributed by atoms with Crippen LogP contribution in [0.15, 0.2) is 0 Å². The van der Waals surface area contributed by atoms with Crippen molar-refractivity contribution in [2.24, 2.45) is 0 Å². The standard InChI is InChI=1S/C12H22N6/c1-2-3-4-7-14-11-15-10(13)16-12(17-11)18-8-5-6-9-18/h2-9H2,1H3,(H3,13,14,15,16,17). The van der Waals surface area contributed by atoms with Crippen LogP contribution in [0.25, 0.3) is 0 Å². The molecule has 6 nitrogen and oxygen atoms in total. The fourth-order valence-electron chi connectivity index (χ4n) is 2.09. The second kappa shape index (κ2) is 6.37. The summed E-state index contributed by atoms with van der Waals surface area (Å²) < 4.78 is 0. The van der Waals surface area contributed by atoms with Crippen molar-refractivity contribution in [1.82, 2.24) is 15.0 Å². The van der Waals surface area contributed by atoms with Gasteiger partial charge in [0.25, 0.3) is 0 Å². The molecule has 1 aliphatic heterocycles. The van der Waals surface area contributed by atoms with E-state index < -0.39 is 0 Å². The molecule has 1 saturated heterocycles. The minimum Gasteiger partial charge on any atom is -0.368 e. The van der Waals surface area contributed by atoms with Crippen LogP contribution in [0.3, 0.4) is 0 Å². The van der Waals surface area contributed by atoms with E-state index in [0.717, 1.165) is 26.1 Å². The van der Waals surface area contributed by atoms with Gasteiger partial charge in [-0.3, -0.25) is 0 Å². The monoisotopic (exact) mass is 250 g/mol. The molecule has 0 aromatic carbocycles. The van der Waals surface area contributed by atoms with Gasteiger partial charge in [0.1, 0.15) is 0 Å². The lowest BCUT2D eigenvalue weighted by atomic mass is 10.2. The number of unbranched alkanes of at least 4 members (excludes halogenated alkanes) is 2. The minimum atomic E-state index is 0.296. The van der Waals surface area contributed by atoms with Crippen LogP contribution in [-0.4, -0.2) is 34.6 Å². The highest BCUT2D eigenvalue weighted by molar-refractivity contribution is 5.42. The summed E-state index contributed by atoms with van der Waals surface area (Å²) in [5, 5.41) is 3.22. The highest BCUT2D eigenvalue weighted by Crippen LogP contribution is 2.17. The molecule has 0 amide bonds. The molecule has 0 radical (unpaired) electrons. The van der Waals surface area contributed by atoms with E-state index in [1.807, 2.05) is 0 Å². The van der Waals surface area contributed by atoms with Gasteiger partial charge in [-0.25, -0.2) is 0 Å². The van der Waals surface area contributed by atoms with Gasteiger partial charge in [-0.1, -0.05) is 19.8 Å². The van der Waals surface area contributed by atoms with Crippen LogP contribution in [0.5, 0.6) is 0 Å². The van der Waals surface area contributed by atoms with Crippen LogP contribution in [0, 0.1) is 0 Å². The molecule has 3 N–H and O–H groups in total. The van der Waals surface area contributed by atoms with Gasteiger partial charge >= 0.3 is 0 Å². The normalized spacial score (nSPS) is 15.1. The Hall–Kier alpha value is -1.59. The molecule has 0 unspecified atom stereocenters. The minimum absolute atomic E-state index is 0.296. The molecule has 0 spiro atoms. The van der Waals surface area contributed by atoms with Gasteiger partial charge in [0.2, 0.25) is 17.8 Å². The molecule has 0 aliphatic carbocycles. The zero-order valence-corrected chi connectivity index (χ0v) is 11.0. The van der Waals surface area contributed by atoms with Gasteiger partial charge in [0, 0.05) is 19.6 Å². The van der Waals surface area contributed by atoms with Crippen molar-refractivity contribution in [3.63, 3.8) is 0 Å². The van der Waals surface area contributed by atoms with Crippen LogP contribution in [0.1, 0.15) is 39.0 Å². The highest BCUT2D eigenvalue weighted by atomic mass is 15.3. The topological polar surface area (TPSA) is 80.0 Å². The third kappa shape index (κ3) is 3.45. The molecule has 1 aromatic rings. The van der Waals surface area contributed by atoms with Crippen molar-refractivity contribution in [2.75, 3.05) is 35.6 Å². The van der Waals surface area contributed by atoms with Crippen molar-refractivity contribution in [3.8, 4) is 0 Å². The maximum atomic E-state index is 5.73. The molecule has 18 heavy (non-hydrogen) atoms. The first-order chi connectivity index (χ1) is 8.79. The number of nitrogen functional groups attached to an aromatic ring is 1. The maximum absolute atomic E-state index is 5.73. The van der Waals surface area contributed by atoms with Crippen LogP contribution in [0.4, 0.5) is 17.8 Å². The summed E-state index contributed by atoms with van der Waals surface area (Å²) in [4.78, 5) is 14.9. The first-order valence-corrected chi connectivity index (χ1v) is 6.80. The first-order valence-electron chi connectivity index (χ1n) is 6.80. The fourth-order valence-corrected chi connectivity index (χ4v) is 2.09. The quantitative estimate of drug-likeness (QED) is 0.747. The number of nitrogens with two attached hydrogens (primary N) is 1. The van der Waals surface area contributed by atoms with Crippen LogP contribution >= 0.6 is 0 Å². The Balaban J connectivity index is 1.97. The smallest absolute Gasteiger partial charge is 0.231 e. The molecule has 6 heteroatoms. The molecule has 1 fully saturated rings. The van der Waals surface area contributed by atoms with Gasteiger partial charge in [-0.2, -0.15) is 15.0 Å². The van der Waals surface area contributed by atoms with E-state index in [1.54, 1.807) is 0 Å². The number of aromatic nitrogens is 3. The lowest BCUT2D eigenvalue weighted by Crippen LogP contribution is -2.22. The summed E-state index contributed by atoms with van der Waals surface area (Å²) >= 11 is 0.